The lowest BCUT2D eigenvalue weighted by molar-refractivity contribution is -0.126. The Morgan fingerprint density at radius 2 is 1.97 bits per heavy atom. The van der Waals surface area contributed by atoms with Crippen molar-refractivity contribution in [3.05, 3.63) is 47.1 Å². The van der Waals surface area contributed by atoms with Gasteiger partial charge >= 0.3 is 6.18 Å². The van der Waals surface area contributed by atoms with Gasteiger partial charge in [0.05, 0.1) is 11.8 Å². The topological polar surface area (TPSA) is 41.0 Å². The molecular weight excluding hydrogens is 409 g/mol. The Balaban J connectivity index is 1.27. The van der Waals surface area contributed by atoms with Crippen molar-refractivity contribution in [2.45, 2.75) is 44.8 Å². The Labute approximate surface area is 177 Å². The number of anilines is 2. The van der Waals surface area contributed by atoms with Crippen LogP contribution in [0.25, 0.3) is 10.2 Å². The fraction of sp³-hybridized carbons (Fsp3) is 0.455. The van der Waals surface area contributed by atoms with Crippen LogP contribution in [0.15, 0.2) is 36.7 Å². The van der Waals surface area contributed by atoms with Gasteiger partial charge in [0.2, 0.25) is 0 Å². The molecule has 5 rings (SSSR count). The second-order valence-corrected chi connectivity index (χ2v) is 9.82. The molecule has 1 spiro atoms. The van der Waals surface area contributed by atoms with E-state index in [0.717, 1.165) is 60.6 Å². The first-order valence-electron chi connectivity index (χ1n) is 10.2. The maximum Gasteiger partial charge on any atom is 0.393 e. The molecule has 2 fully saturated rings. The van der Waals surface area contributed by atoms with Gasteiger partial charge in [-0.15, -0.1) is 11.3 Å². The van der Waals surface area contributed by atoms with Crippen LogP contribution in [-0.2, 0) is 6.42 Å². The van der Waals surface area contributed by atoms with Crippen LogP contribution < -0.4 is 10.2 Å². The van der Waals surface area contributed by atoms with Gasteiger partial charge in [0.15, 0.2) is 0 Å². The van der Waals surface area contributed by atoms with Crippen molar-refractivity contribution < 1.29 is 13.2 Å². The monoisotopic (exact) mass is 432 g/mol. The number of nitrogens with zero attached hydrogens (tertiary/aromatic N) is 3. The van der Waals surface area contributed by atoms with E-state index in [-0.39, 0.29) is 5.41 Å². The quantitative estimate of drug-likeness (QED) is 0.585. The minimum absolute atomic E-state index is 0.268. The first-order chi connectivity index (χ1) is 14.3. The number of halogens is 3. The van der Waals surface area contributed by atoms with Crippen LogP contribution in [0, 0.1) is 12.3 Å². The summed E-state index contributed by atoms with van der Waals surface area (Å²) in [7, 11) is 0. The molecule has 3 heterocycles. The second kappa shape index (κ2) is 7.11. The second-order valence-electron chi connectivity index (χ2n) is 8.71. The third-order valence-corrected chi connectivity index (χ3v) is 7.30. The van der Waals surface area contributed by atoms with Crippen LogP contribution in [0.4, 0.5) is 24.7 Å². The van der Waals surface area contributed by atoms with Crippen LogP contribution in [0.1, 0.15) is 29.7 Å². The standard InChI is InChI=1S/C22H23F3N4S/c1-14-2-4-15(5-3-14)28-16-9-21(10-16)6-7-29(12-21)19-18-8-17(11-22(23,24)25)30-20(18)27-13-26-19/h2-5,8,13,16,28H,6-7,9-12H2,1H3. The Morgan fingerprint density at radius 3 is 2.70 bits per heavy atom. The zero-order valence-corrected chi connectivity index (χ0v) is 17.5. The largest absolute Gasteiger partial charge is 0.393 e. The number of aryl methyl sites for hydroxylation is 1. The van der Waals surface area contributed by atoms with Crippen LogP contribution in [0.2, 0.25) is 0 Å². The van der Waals surface area contributed by atoms with Gasteiger partial charge in [0.25, 0.3) is 0 Å². The number of alkyl halides is 3. The highest BCUT2D eigenvalue weighted by molar-refractivity contribution is 7.18. The molecular formula is C22H23F3N4S. The molecule has 1 saturated heterocycles. The average Bonchev–Trinajstić information content (AvgIpc) is 3.25. The molecule has 0 radical (unpaired) electrons. The van der Waals surface area contributed by atoms with Crippen LogP contribution >= 0.6 is 11.3 Å². The number of benzene rings is 1. The van der Waals surface area contributed by atoms with Crippen molar-refractivity contribution in [1.29, 1.82) is 0 Å². The summed E-state index contributed by atoms with van der Waals surface area (Å²) in [5, 5.41) is 4.36. The first kappa shape index (κ1) is 19.6. The highest BCUT2D eigenvalue weighted by atomic mass is 32.1. The summed E-state index contributed by atoms with van der Waals surface area (Å²) in [6.45, 7) is 3.86. The van der Waals surface area contributed by atoms with Crippen molar-refractivity contribution in [3.63, 3.8) is 0 Å². The fourth-order valence-electron chi connectivity index (χ4n) is 4.85. The molecule has 1 aliphatic heterocycles. The summed E-state index contributed by atoms with van der Waals surface area (Å²) in [5.74, 6) is 0.775. The van der Waals surface area contributed by atoms with E-state index in [2.05, 4.69) is 51.4 Å². The van der Waals surface area contributed by atoms with Crippen molar-refractivity contribution in [3.8, 4) is 0 Å². The van der Waals surface area contributed by atoms with E-state index < -0.39 is 12.6 Å². The van der Waals surface area contributed by atoms with Gasteiger partial charge in [0, 0.05) is 29.7 Å². The predicted molar refractivity (Wildman–Crippen MR) is 114 cm³/mol. The zero-order chi connectivity index (χ0) is 20.9. The predicted octanol–water partition coefficient (Wildman–Crippen LogP) is 5.58. The fourth-order valence-corrected chi connectivity index (χ4v) is 5.87. The first-order valence-corrected chi connectivity index (χ1v) is 11.0. The molecule has 2 aliphatic rings. The summed E-state index contributed by atoms with van der Waals surface area (Å²) in [4.78, 5) is 11.8. The summed E-state index contributed by atoms with van der Waals surface area (Å²) in [6, 6.07) is 10.6. The number of fused-ring (bicyclic) bond motifs is 1. The van der Waals surface area contributed by atoms with E-state index in [0.29, 0.717) is 15.7 Å². The van der Waals surface area contributed by atoms with Gasteiger partial charge in [-0.1, -0.05) is 17.7 Å². The van der Waals surface area contributed by atoms with Gasteiger partial charge in [-0.25, -0.2) is 9.97 Å². The van der Waals surface area contributed by atoms with Crippen LogP contribution in [-0.4, -0.2) is 35.3 Å². The Hall–Kier alpha value is -2.35. The zero-order valence-electron chi connectivity index (χ0n) is 16.7. The number of hydrogen-bond acceptors (Lipinski definition) is 5. The van der Waals surface area contributed by atoms with Gasteiger partial charge in [-0.2, -0.15) is 13.2 Å². The van der Waals surface area contributed by atoms with E-state index in [1.54, 1.807) is 6.07 Å². The molecule has 8 heteroatoms. The lowest BCUT2D eigenvalue weighted by atomic mass is 9.65. The molecule has 1 aliphatic carbocycles. The van der Waals surface area contributed by atoms with Crippen molar-refractivity contribution >= 4 is 33.1 Å². The molecule has 0 amide bonds. The normalized spacial score (nSPS) is 23.9. The van der Waals surface area contributed by atoms with E-state index in [4.69, 9.17) is 0 Å². The number of hydrogen-bond donors (Lipinski definition) is 1. The highest BCUT2D eigenvalue weighted by Crippen LogP contribution is 2.50. The van der Waals surface area contributed by atoms with E-state index in [9.17, 15) is 13.2 Å². The lowest BCUT2D eigenvalue weighted by Crippen LogP contribution is -2.46. The van der Waals surface area contributed by atoms with Gasteiger partial charge in [0.1, 0.15) is 17.0 Å². The van der Waals surface area contributed by atoms with Crippen molar-refractivity contribution in [2.24, 2.45) is 5.41 Å². The maximum atomic E-state index is 12.8. The molecule has 0 unspecified atom stereocenters. The Bertz CT molecular complexity index is 1050. The van der Waals surface area contributed by atoms with Crippen molar-refractivity contribution in [2.75, 3.05) is 23.3 Å². The van der Waals surface area contributed by atoms with E-state index in [1.165, 1.54) is 11.9 Å². The van der Waals surface area contributed by atoms with Gasteiger partial charge in [-0.05, 0) is 49.8 Å². The molecule has 0 atom stereocenters. The third-order valence-electron chi connectivity index (χ3n) is 6.25. The van der Waals surface area contributed by atoms with Gasteiger partial charge in [-0.3, -0.25) is 0 Å². The molecule has 0 bridgehead atoms. The molecule has 3 aromatic rings. The van der Waals surface area contributed by atoms with Crippen LogP contribution in [0.5, 0.6) is 0 Å². The lowest BCUT2D eigenvalue weighted by Gasteiger charge is -2.46. The third kappa shape index (κ3) is 3.85. The molecule has 1 aromatic carbocycles. The molecule has 1 saturated carbocycles. The SMILES string of the molecule is Cc1ccc(NC2CC3(CCN(c4ncnc5sc(CC(F)(F)F)cc45)C3)C2)cc1. The summed E-state index contributed by atoms with van der Waals surface area (Å²) in [6.07, 6.45) is -0.354. The maximum absolute atomic E-state index is 12.8. The highest BCUT2D eigenvalue weighted by Gasteiger charge is 2.49. The molecule has 30 heavy (non-hydrogen) atoms. The van der Waals surface area contributed by atoms with Crippen LogP contribution in [0.3, 0.4) is 0 Å². The minimum Gasteiger partial charge on any atom is -0.382 e. The molecule has 4 nitrogen and oxygen atoms in total. The number of rotatable bonds is 4. The number of aromatic nitrogens is 2. The molecule has 1 N–H and O–H groups in total. The number of thiophene rings is 1. The Kier molecular flexibility index (Phi) is 4.65. The molecule has 158 valence electrons. The van der Waals surface area contributed by atoms with E-state index >= 15 is 0 Å². The smallest absolute Gasteiger partial charge is 0.382 e. The summed E-state index contributed by atoms with van der Waals surface area (Å²) in [5.41, 5.74) is 2.67. The number of nitrogens with one attached hydrogen (secondary N) is 1. The van der Waals surface area contributed by atoms with E-state index in [1.807, 2.05) is 0 Å². The summed E-state index contributed by atoms with van der Waals surface area (Å²) >= 11 is 1.11. The van der Waals surface area contributed by atoms with Crippen molar-refractivity contribution in [1.82, 2.24) is 9.97 Å². The summed E-state index contributed by atoms with van der Waals surface area (Å²) < 4.78 is 38.4. The molecule has 2 aromatic heterocycles. The Morgan fingerprint density at radius 1 is 1.20 bits per heavy atom. The minimum atomic E-state index is -4.21. The average molecular weight is 433 g/mol. The van der Waals surface area contributed by atoms with Gasteiger partial charge < -0.3 is 10.2 Å².